The third-order valence-corrected chi connectivity index (χ3v) is 4.34. The number of para-hydroxylation sites is 2. The van der Waals surface area contributed by atoms with Gasteiger partial charge in [0.2, 0.25) is 0 Å². The Hall–Kier alpha value is -2.57. The third kappa shape index (κ3) is 1.77. The van der Waals surface area contributed by atoms with Crippen molar-refractivity contribution < 1.29 is 14.7 Å². The molecule has 2 aromatic rings. The highest BCUT2D eigenvalue weighted by atomic mass is 16.4. The summed E-state index contributed by atoms with van der Waals surface area (Å²) in [5.74, 6) is 0.175. The number of nitrogens with one attached hydrogen (secondary N) is 1. The maximum absolute atomic E-state index is 12.5. The number of imidazole rings is 1. The number of carbonyl (C=O) groups excluding carboxylic acids is 1. The van der Waals surface area contributed by atoms with Gasteiger partial charge in [0.1, 0.15) is 0 Å². The quantitative estimate of drug-likeness (QED) is 0.822. The number of benzene rings is 1. The van der Waals surface area contributed by atoms with E-state index in [-0.39, 0.29) is 18.0 Å². The van der Waals surface area contributed by atoms with E-state index in [1.807, 2.05) is 24.3 Å². The lowest BCUT2D eigenvalue weighted by Gasteiger charge is -2.32. The highest BCUT2D eigenvalue weighted by molar-refractivity contribution is 5.94. The molecule has 0 aliphatic carbocycles. The SMILES string of the molecule is O=C(O)N1C[C@@H]2C[C@H]1CN2C(=O)c1nc2ccccc2[nH]1. The molecule has 3 heterocycles. The average Bonchev–Trinajstić information content (AvgIpc) is 3.18. The van der Waals surface area contributed by atoms with Crippen molar-refractivity contribution >= 4 is 23.0 Å². The van der Waals surface area contributed by atoms with Crippen molar-refractivity contribution in [3.63, 3.8) is 0 Å². The minimum Gasteiger partial charge on any atom is -0.465 e. The van der Waals surface area contributed by atoms with Crippen LogP contribution in [0.1, 0.15) is 17.0 Å². The maximum atomic E-state index is 12.5. The van der Waals surface area contributed by atoms with Gasteiger partial charge in [-0.05, 0) is 18.6 Å². The smallest absolute Gasteiger partial charge is 0.407 e. The maximum Gasteiger partial charge on any atom is 0.407 e. The number of amides is 2. The fourth-order valence-electron chi connectivity index (χ4n) is 3.34. The molecular formula is C14H14N4O3. The number of piperazine rings is 1. The topological polar surface area (TPSA) is 89.5 Å². The second-order valence-corrected chi connectivity index (χ2v) is 5.54. The molecule has 0 spiro atoms. The lowest BCUT2D eigenvalue weighted by Crippen LogP contribution is -2.50. The molecule has 2 aliphatic rings. The number of aromatic nitrogens is 2. The zero-order chi connectivity index (χ0) is 14.6. The van der Waals surface area contributed by atoms with Gasteiger partial charge in [0.05, 0.1) is 23.1 Å². The number of nitrogens with zero attached hydrogens (tertiary/aromatic N) is 3. The van der Waals surface area contributed by atoms with Crippen LogP contribution in [0.5, 0.6) is 0 Å². The fraction of sp³-hybridized carbons (Fsp3) is 0.357. The lowest BCUT2D eigenvalue weighted by molar-refractivity contribution is 0.0603. The van der Waals surface area contributed by atoms with E-state index in [9.17, 15) is 9.59 Å². The van der Waals surface area contributed by atoms with E-state index in [0.29, 0.717) is 18.9 Å². The second kappa shape index (κ2) is 4.21. The largest absolute Gasteiger partial charge is 0.465 e. The van der Waals surface area contributed by atoms with Crippen molar-refractivity contribution in [2.75, 3.05) is 13.1 Å². The lowest BCUT2D eigenvalue weighted by atomic mass is 10.2. The Kier molecular flexibility index (Phi) is 2.44. The molecule has 4 rings (SSSR count). The summed E-state index contributed by atoms with van der Waals surface area (Å²) in [5.41, 5.74) is 1.59. The van der Waals surface area contributed by atoms with Crippen LogP contribution in [0.3, 0.4) is 0 Å². The third-order valence-electron chi connectivity index (χ3n) is 4.34. The highest BCUT2D eigenvalue weighted by Crippen LogP contribution is 2.31. The molecule has 7 heteroatoms. The van der Waals surface area contributed by atoms with Crippen LogP contribution in [0.4, 0.5) is 4.79 Å². The Morgan fingerprint density at radius 1 is 1.19 bits per heavy atom. The number of rotatable bonds is 1. The molecule has 7 nitrogen and oxygen atoms in total. The van der Waals surface area contributed by atoms with Crippen molar-refractivity contribution in [3.05, 3.63) is 30.1 Å². The molecule has 2 N–H and O–H groups in total. The fourth-order valence-corrected chi connectivity index (χ4v) is 3.34. The van der Waals surface area contributed by atoms with E-state index in [2.05, 4.69) is 9.97 Å². The van der Waals surface area contributed by atoms with Crippen LogP contribution < -0.4 is 0 Å². The Labute approximate surface area is 120 Å². The van der Waals surface area contributed by atoms with Gasteiger partial charge in [-0.2, -0.15) is 0 Å². The normalized spacial score (nSPS) is 24.0. The molecule has 2 amide bonds. The summed E-state index contributed by atoms with van der Waals surface area (Å²) in [6.07, 6.45) is -0.184. The zero-order valence-corrected chi connectivity index (χ0v) is 11.2. The van der Waals surface area contributed by atoms with E-state index in [1.165, 1.54) is 4.90 Å². The van der Waals surface area contributed by atoms with E-state index in [4.69, 9.17) is 5.11 Å². The van der Waals surface area contributed by atoms with Crippen molar-refractivity contribution in [1.29, 1.82) is 0 Å². The number of H-pyrrole nitrogens is 1. The van der Waals surface area contributed by atoms with E-state index >= 15 is 0 Å². The van der Waals surface area contributed by atoms with E-state index in [0.717, 1.165) is 17.5 Å². The van der Waals surface area contributed by atoms with Gasteiger partial charge in [-0.3, -0.25) is 4.79 Å². The zero-order valence-electron chi connectivity index (χ0n) is 11.2. The van der Waals surface area contributed by atoms with Crippen molar-refractivity contribution in [2.45, 2.75) is 18.5 Å². The number of likely N-dealkylation sites (tertiary alicyclic amines) is 2. The first kappa shape index (κ1) is 12.2. The number of hydrogen-bond donors (Lipinski definition) is 2. The summed E-state index contributed by atoms with van der Waals surface area (Å²) < 4.78 is 0. The van der Waals surface area contributed by atoms with Crippen LogP contribution in [0.25, 0.3) is 11.0 Å². The Bertz CT molecular complexity index is 708. The van der Waals surface area contributed by atoms with E-state index < -0.39 is 6.09 Å². The van der Waals surface area contributed by atoms with Gasteiger partial charge in [-0.25, -0.2) is 9.78 Å². The summed E-state index contributed by atoms with van der Waals surface area (Å²) in [7, 11) is 0. The number of carbonyl (C=O) groups is 2. The summed E-state index contributed by atoms with van der Waals surface area (Å²) in [5, 5.41) is 9.08. The summed E-state index contributed by atoms with van der Waals surface area (Å²) >= 11 is 0. The highest BCUT2D eigenvalue weighted by Gasteiger charge is 2.47. The van der Waals surface area contributed by atoms with Crippen molar-refractivity contribution in [2.24, 2.45) is 0 Å². The number of fused-ring (bicyclic) bond motifs is 3. The van der Waals surface area contributed by atoms with Crippen LogP contribution >= 0.6 is 0 Å². The van der Waals surface area contributed by atoms with Crippen LogP contribution in [0.2, 0.25) is 0 Å². The van der Waals surface area contributed by atoms with Gasteiger partial charge in [0.25, 0.3) is 5.91 Å². The molecular weight excluding hydrogens is 272 g/mol. The summed E-state index contributed by atoms with van der Waals surface area (Å²) in [6.45, 7) is 0.846. The molecule has 2 aliphatic heterocycles. The minimum absolute atomic E-state index is 0.0354. The molecule has 21 heavy (non-hydrogen) atoms. The van der Waals surface area contributed by atoms with Gasteiger partial charge in [-0.1, -0.05) is 12.1 Å². The minimum atomic E-state index is -0.904. The Balaban J connectivity index is 1.58. The van der Waals surface area contributed by atoms with Gasteiger partial charge in [0, 0.05) is 13.1 Å². The predicted molar refractivity (Wildman–Crippen MR) is 74.1 cm³/mol. The standard InChI is InChI=1S/C14H14N4O3/c19-13(12-15-10-3-1-2-4-11(10)16-12)17-6-9-5-8(17)7-18(9)14(20)21/h1-4,8-9H,5-7H2,(H,15,16)(H,20,21)/t8-,9-/m0/s1. The molecule has 2 atom stereocenters. The van der Waals surface area contributed by atoms with Crippen molar-refractivity contribution in [1.82, 2.24) is 19.8 Å². The summed E-state index contributed by atoms with van der Waals surface area (Å²) in [4.78, 5) is 34.1. The van der Waals surface area contributed by atoms with Crippen molar-refractivity contribution in [3.8, 4) is 0 Å². The number of aromatic amines is 1. The summed E-state index contributed by atoms with van der Waals surface area (Å²) in [6, 6.07) is 7.37. The van der Waals surface area contributed by atoms with Gasteiger partial charge in [-0.15, -0.1) is 0 Å². The average molecular weight is 286 g/mol. The second-order valence-electron chi connectivity index (χ2n) is 5.54. The molecule has 2 bridgehead atoms. The number of carboxylic acid groups (broad SMARTS) is 1. The molecule has 1 aromatic carbocycles. The van der Waals surface area contributed by atoms with Crippen LogP contribution in [-0.2, 0) is 0 Å². The van der Waals surface area contributed by atoms with Gasteiger partial charge in [0.15, 0.2) is 5.82 Å². The first-order valence-corrected chi connectivity index (χ1v) is 6.89. The molecule has 1 aromatic heterocycles. The monoisotopic (exact) mass is 286 g/mol. The number of hydrogen-bond acceptors (Lipinski definition) is 3. The molecule has 0 saturated carbocycles. The van der Waals surface area contributed by atoms with Crippen LogP contribution in [-0.4, -0.2) is 62.0 Å². The van der Waals surface area contributed by atoms with E-state index in [1.54, 1.807) is 4.90 Å². The molecule has 0 radical (unpaired) electrons. The van der Waals surface area contributed by atoms with Gasteiger partial charge < -0.3 is 19.9 Å². The van der Waals surface area contributed by atoms with Gasteiger partial charge >= 0.3 is 6.09 Å². The first-order chi connectivity index (χ1) is 10.1. The van der Waals surface area contributed by atoms with Crippen LogP contribution in [0, 0.1) is 0 Å². The Morgan fingerprint density at radius 3 is 2.57 bits per heavy atom. The predicted octanol–water partition coefficient (Wildman–Crippen LogP) is 1.14. The molecule has 108 valence electrons. The van der Waals surface area contributed by atoms with Crippen LogP contribution in [0.15, 0.2) is 24.3 Å². The Morgan fingerprint density at radius 2 is 1.90 bits per heavy atom. The first-order valence-electron chi connectivity index (χ1n) is 6.89. The molecule has 2 saturated heterocycles. The molecule has 2 fully saturated rings. The molecule has 0 unspecified atom stereocenters.